The van der Waals surface area contributed by atoms with Gasteiger partial charge in [-0.25, -0.2) is 8.42 Å². The molecule has 1 aliphatic rings. The van der Waals surface area contributed by atoms with Crippen LogP contribution in [0.2, 0.25) is 0 Å². The number of hydrogen-bond donors (Lipinski definition) is 1. The number of carbonyl (C=O) groups excluding carboxylic acids is 2. The average molecular weight is 440 g/mol. The number of aromatic nitrogens is 2. The molecule has 2 amide bonds. The summed E-state index contributed by atoms with van der Waals surface area (Å²) in [5.74, 6) is -0.590. The van der Waals surface area contributed by atoms with E-state index in [0.29, 0.717) is 17.8 Å². The summed E-state index contributed by atoms with van der Waals surface area (Å²) in [6.45, 7) is 2.24. The van der Waals surface area contributed by atoms with E-state index in [9.17, 15) is 18.0 Å². The van der Waals surface area contributed by atoms with Crippen LogP contribution < -0.4 is 10.2 Å². The molecular formula is C21H20N4O5S. The fourth-order valence-electron chi connectivity index (χ4n) is 3.32. The van der Waals surface area contributed by atoms with Crippen molar-refractivity contribution in [1.29, 1.82) is 0 Å². The fraction of sp³-hybridized carbons (Fsp3) is 0.238. The normalized spacial score (nSPS) is 16.5. The van der Waals surface area contributed by atoms with Crippen LogP contribution in [0.3, 0.4) is 0 Å². The van der Waals surface area contributed by atoms with Crippen molar-refractivity contribution in [3.05, 3.63) is 65.5 Å². The van der Waals surface area contributed by atoms with Crippen molar-refractivity contribution in [2.45, 2.75) is 24.2 Å². The summed E-state index contributed by atoms with van der Waals surface area (Å²) in [6, 6.07) is 13.1. The Kier molecular flexibility index (Phi) is 5.32. The first-order valence-corrected chi connectivity index (χ1v) is 11.4. The summed E-state index contributed by atoms with van der Waals surface area (Å²) in [4.78, 5) is 26.5. The molecule has 9 nitrogen and oxygen atoms in total. The van der Waals surface area contributed by atoms with Crippen molar-refractivity contribution in [1.82, 2.24) is 10.2 Å². The minimum absolute atomic E-state index is 0.0380. The zero-order valence-electron chi connectivity index (χ0n) is 16.9. The van der Waals surface area contributed by atoms with Gasteiger partial charge in [0, 0.05) is 30.5 Å². The zero-order valence-corrected chi connectivity index (χ0v) is 17.7. The molecule has 2 aromatic carbocycles. The smallest absolute Gasteiger partial charge is 0.322 e. The molecule has 2 heterocycles. The molecule has 1 aromatic heterocycles. The van der Waals surface area contributed by atoms with Crippen LogP contribution in [0.25, 0.3) is 0 Å². The van der Waals surface area contributed by atoms with Gasteiger partial charge in [-0.3, -0.25) is 14.9 Å². The molecular weight excluding hydrogens is 420 g/mol. The summed E-state index contributed by atoms with van der Waals surface area (Å²) < 4.78 is 28.8. The maximum Gasteiger partial charge on any atom is 0.322 e. The SMILES string of the molecule is Cc1ccc(C(=O)Nc2nnc([C@@H]3CC(=O)N(c4ccc(S(C)(=O)=O)cc4)C3)o2)cc1. The molecule has 0 spiro atoms. The van der Waals surface area contributed by atoms with Crippen LogP contribution in [0.4, 0.5) is 11.7 Å². The predicted octanol–water partition coefficient (Wildman–Crippen LogP) is 2.55. The van der Waals surface area contributed by atoms with E-state index in [2.05, 4.69) is 15.5 Å². The second kappa shape index (κ2) is 7.95. The van der Waals surface area contributed by atoms with Crippen LogP contribution in [0.5, 0.6) is 0 Å². The summed E-state index contributed by atoms with van der Waals surface area (Å²) in [5.41, 5.74) is 2.09. The van der Waals surface area contributed by atoms with Crippen LogP contribution in [-0.4, -0.2) is 43.2 Å². The molecule has 1 N–H and O–H groups in total. The number of hydrogen-bond acceptors (Lipinski definition) is 7. The highest BCUT2D eigenvalue weighted by atomic mass is 32.2. The number of nitrogens with zero attached hydrogens (tertiary/aromatic N) is 3. The number of sulfone groups is 1. The van der Waals surface area contributed by atoms with Crippen LogP contribution in [0, 0.1) is 6.92 Å². The Bertz CT molecular complexity index is 1230. The van der Waals surface area contributed by atoms with E-state index in [0.717, 1.165) is 11.8 Å². The van der Waals surface area contributed by atoms with E-state index in [4.69, 9.17) is 4.42 Å². The molecule has 0 bridgehead atoms. The monoisotopic (exact) mass is 440 g/mol. The lowest BCUT2D eigenvalue weighted by atomic mass is 10.1. The van der Waals surface area contributed by atoms with Crippen molar-refractivity contribution in [2.24, 2.45) is 0 Å². The Hall–Kier alpha value is -3.53. The van der Waals surface area contributed by atoms with Gasteiger partial charge in [-0.15, -0.1) is 5.10 Å². The van der Waals surface area contributed by atoms with Gasteiger partial charge in [0.05, 0.1) is 10.8 Å². The first kappa shape index (κ1) is 20.7. The molecule has 1 fully saturated rings. The van der Waals surface area contributed by atoms with Crippen LogP contribution in [-0.2, 0) is 14.6 Å². The van der Waals surface area contributed by atoms with Gasteiger partial charge in [-0.2, -0.15) is 0 Å². The van der Waals surface area contributed by atoms with Gasteiger partial charge in [0.1, 0.15) is 0 Å². The standard InChI is InChI=1S/C21H20N4O5S/c1-13-3-5-14(6-4-13)19(27)22-21-24-23-20(30-21)15-11-18(26)25(12-15)16-7-9-17(10-8-16)31(2,28)29/h3-10,15H,11-12H2,1-2H3,(H,22,24,27)/t15-/m1/s1. The third kappa shape index (κ3) is 4.48. The summed E-state index contributed by atoms with van der Waals surface area (Å²) >= 11 is 0. The summed E-state index contributed by atoms with van der Waals surface area (Å²) in [6.07, 6.45) is 1.30. The fourth-order valence-corrected chi connectivity index (χ4v) is 3.95. The zero-order chi connectivity index (χ0) is 22.2. The Morgan fingerprint density at radius 3 is 2.42 bits per heavy atom. The van der Waals surface area contributed by atoms with Crippen molar-refractivity contribution in [3.63, 3.8) is 0 Å². The predicted molar refractivity (Wildman–Crippen MR) is 113 cm³/mol. The van der Waals surface area contributed by atoms with Crippen LogP contribution in [0.1, 0.15) is 34.2 Å². The van der Waals surface area contributed by atoms with E-state index in [1.807, 2.05) is 19.1 Å². The quantitative estimate of drug-likeness (QED) is 0.647. The van der Waals surface area contributed by atoms with Gasteiger partial charge < -0.3 is 9.32 Å². The number of aryl methyl sites for hydroxylation is 1. The Balaban J connectivity index is 1.44. The third-order valence-electron chi connectivity index (χ3n) is 5.03. The molecule has 160 valence electrons. The van der Waals surface area contributed by atoms with E-state index in [1.165, 1.54) is 12.1 Å². The van der Waals surface area contributed by atoms with Gasteiger partial charge >= 0.3 is 6.01 Å². The molecule has 0 radical (unpaired) electrons. The highest BCUT2D eigenvalue weighted by molar-refractivity contribution is 7.90. The van der Waals surface area contributed by atoms with E-state index in [-0.39, 0.29) is 41.0 Å². The van der Waals surface area contributed by atoms with Crippen LogP contribution in [0.15, 0.2) is 57.8 Å². The van der Waals surface area contributed by atoms with Crippen molar-refractivity contribution >= 4 is 33.4 Å². The maximum atomic E-state index is 12.5. The highest BCUT2D eigenvalue weighted by Crippen LogP contribution is 2.32. The van der Waals surface area contributed by atoms with Gasteiger partial charge in [0.15, 0.2) is 9.84 Å². The second-order valence-electron chi connectivity index (χ2n) is 7.44. The Morgan fingerprint density at radius 2 is 1.77 bits per heavy atom. The van der Waals surface area contributed by atoms with E-state index in [1.54, 1.807) is 29.2 Å². The molecule has 3 aromatic rings. The summed E-state index contributed by atoms with van der Waals surface area (Å²) in [7, 11) is -3.31. The van der Waals surface area contributed by atoms with Crippen molar-refractivity contribution < 1.29 is 22.4 Å². The lowest BCUT2D eigenvalue weighted by molar-refractivity contribution is -0.117. The molecule has 10 heteroatoms. The minimum atomic E-state index is -3.31. The average Bonchev–Trinajstić information content (AvgIpc) is 3.34. The lowest BCUT2D eigenvalue weighted by Crippen LogP contribution is -2.24. The molecule has 1 atom stereocenters. The number of anilines is 2. The number of benzene rings is 2. The van der Waals surface area contributed by atoms with E-state index >= 15 is 0 Å². The van der Waals surface area contributed by atoms with Gasteiger partial charge in [0.2, 0.25) is 11.8 Å². The molecule has 4 rings (SSSR count). The van der Waals surface area contributed by atoms with Gasteiger partial charge in [0.25, 0.3) is 5.91 Å². The van der Waals surface area contributed by atoms with Crippen molar-refractivity contribution in [2.75, 3.05) is 23.0 Å². The molecule has 0 aliphatic carbocycles. The molecule has 1 saturated heterocycles. The Morgan fingerprint density at radius 1 is 1.10 bits per heavy atom. The molecule has 0 unspecified atom stereocenters. The topological polar surface area (TPSA) is 122 Å². The summed E-state index contributed by atoms with van der Waals surface area (Å²) in [5, 5.41) is 10.4. The maximum absolute atomic E-state index is 12.5. The second-order valence-corrected chi connectivity index (χ2v) is 9.45. The van der Waals surface area contributed by atoms with Crippen molar-refractivity contribution in [3.8, 4) is 0 Å². The molecule has 0 saturated carbocycles. The van der Waals surface area contributed by atoms with Gasteiger partial charge in [-0.1, -0.05) is 22.8 Å². The molecule has 1 aliphatic heterocycles. The first-order valence-electron chi connectivity index (χ1n) is 9.52. The number of carbonyl (C=O) groups is 2. The largest absolute Gasteiger partial charge is 0.407 e. The Labute approximate surface area is 179 Å². The minimum Gasteiger partial charge on any atom is -0.407 e. The number of amides is 2. The highest BCUT2D eigenvalue weighted by Gasteiger charge is 2.35. The molecule has 31 heavy (non-hydrogen) atoms. The third-order valence-corrected chi connectivity index (χ3v) is 6.15. The van der Waals surface area contributed by atoms with E-state index < -0.39 is 9.84 Å². The number of nitrogens with one attached hydrogen (secondary N) is 1. The van der Waals surface area contributed by atoms with Crippen LogP contribution >= 0.6 is 0 Å². The van der Waals surface area contributed by atoms with Gasteiger partial charge in [-0.05, 0) is 43.3 Å². The number of rotatable bonds is 5. The lowest BCUT2D eigenvalue weighted by Gasteiger charge is -2.16. The first-order chi connectivity index (χ1) is 14.7.